The molecule has 0 atom stereocenters. The minimum Gasteiger partial charge on any atom is -0.490 e. The Bertz CT molecular complexity index is 1550. The van der Waals surface area contributed by atoms with Crippen molar-refractivity contribution in [2.45, 2.75) is 12.8 Å². The fourth-order valence-corrected chi connectivity index (χ4v) is 4.24. The van der Waals surface area contributed by atoms with Crippen LogP contribution in [-0.4, -0.2) is 105 Å². The van der Waals surface area contributed by atoms with Gasteiger partial charge in [-0.15, -0.1) is 0 Å². The van der Waals surface area contributed by atoms with Gasteiger partial charge < -0.3 is 63.1 Å². The summed E-state index contributed by atoms with van der Waals surface area (Å²) in [6.45, 7) is 0.874. The van der Waals surface area contributed by atoms with Gasteiger partial charge in [0.2, 0.25) is 0 Å². The fourth-order valence-electron chi connectivity index (χ4n) is 4.24. The van der Waals surface area contributed by atoms with Gasteiger partial charge in [-0.3, -0.25) is 9.59 Å². The first-order chi connectivity index (χ1) is 24.8. The van der Waals surface area contributed by atoms with Crippen molar-refractivity contribution in [3.8, 4) is 34.5 Å². The summed E-state index contributed by atoms with van der Waals surface area (Å²) in [6.07, 6.45) is 0.853. The number of hydrogen-bond donors (Lipinski definition) is 3. The van der Waals surface area contributed by atoms with Gasteiger partial charge in [0.15, 0.2) is 61.7 Å². The molecule has 3 rings (SSSR count). The van der Waals surface area contributed by atoms with Crippen molar-refractivity contribution >= 4 is 17.8 Å². The molecule has 0 bridgehead atoms. The summed E-state index contributed by atoms with van der Waals surface area (Å²) in [6, 6.07) is 13.8. The van der Waals surface area contributed by atoms with Gasteiger partial charge in [-0.2, -0.15) is 0 Å². The molecule has 0 spiro atoms. The highest BCUT2D eigenvalue weighted by Crippen LogP contribution is 2.31. The van der Waals surface area contributed by atoms with E-state index in [0.717, 1.165) is 0 Å². The summed E-state index contributed by atoms with van der Waals surface area (Å²) in [5, 5.41) is 15.1. The number of carboxylic acid groups (broad SMARTS) is 1. The summed E-state index contributed by atoms with van der Waals surface area (Å²) >= 11 is 0. The van der Waals surface area contributed by atoms with Gasteiger partial charge in [0.1, 0.15) is 0 Å². The number of carboxylic acids is 1. The molecule has 0 aromatic heterocycles. The van der Waals surface area contributed by atoms with Gasteiger partial charge in [-0.05, 0) is 67.4 Å². The van der Waals surface area contributed by atoms with Crippen LogP contribution in [-0.2, 0) is 18.9 Å². The summed E-state index contributed by atoms with van der Waals surface area (Å²) in [5.41, 5.74) is 0.725. The maximum absolute atomic E-state index is 12.8. The Hall–Kier alpha value is -5.29. The normalized spacial score (nSPS) is 10.6. The second-order valence-corrected chi connectivity index (χ2v) is 10.4. The van der Waals surface area contributed by atoms with Gasteiger partial charge in [0.25, 0.3) is 11.8 Å². The van der Waals surface area contributed by atoms with Crippen LogP contribution in [0.3, 0.4) is 0 Å². The highest BCUT2D eigenvalue weighted by molar-refractivity contribution is 5.95. The van der Waals surface area contributed by atoms with Crippen molar-refractivity contribution in [3.05, 3.63) is 71.3 Å². The van der Waals surface area contributed by atoms with Crippen LogP contribution in [0.1, 0.15) is 43.9 Å². The Morgan fingerprint density at radius 2 is 0.824 bits per heavy atom. The van der Waals surface area contributed by atoms with Crippen molar-refractivity contribution in [1.29, 1.82) is 0 Å². The fraction of sp³-hybridized carbons (Fsp3) is 0.400. The molecule has 16 heteroatoms. The summed E-state index contributed by atoms with van der Waals surface area (Å²) < 4.78 is 53.4. The standard InChI is InChI=1S/C35H44N2O14/c1-42-20-48-28-10-7-24(17-31(28)50-22-44-3)33(38)36-13-5-15-46-27-12-9-26(35(40)41)19-30(27)47-16-6-14-37-34(39)25-8-11-29(49-21-43-2)32(18-25)51-23-45-4/h7-12,17-19H,5-6,13-16,20-23H2,1-4H3,(H,36,38)(H,37,39)(H,40,41). The third kappa shape index (κ3) is 13.5. The second-order valence-electron chi connectivity index (χ2n) is 10.4. The molecule has 3 aromatic carbocycles. The summed E-state index contributed by atoms with van der Waals surface area (Å²) in [5.74, 6) is 0.211. The van der Waals surface area contributed by atoms with Crippen molar-refractivity contribution in [2.75, 3.05) is 81.9 Å². The zero-order valence-electron chi connectivity index (χ0n) is 29.0. The van der Waals surface area contributed by atoms with Gasteiger partial charge in [0, 0.05) is 52.7 Å². The Balaban J connectivity index is 1.49. The van der Waals surface area contributed by atoms with E-state index in [4.69, 9.17) is 47.4 Å². The number of amides is 2. The second kappa shape index (κ2) is 22.4. The van der Waals surface area contributed by atoms with E-state index < -0.39 is 5.97 Å². The van der Waals surface area contributed by atoms with Gasteiger partial charge in [0.05, 0.1) is 18.8 Å². The minimum absolute atomic E-state index is 0.00535. The molecule has 0 aliphatic rings. The molecule has 2 amide bonds. The molecule has 0 saturated heterocycles. The highest BCUT2D eigenvalue weighted by Gasteiger charge is 2.15. The van der Waals surface area contributed by atoms with Crippen LogP contribution in [0.15, 0.2) is 54.6 Å². The van der Waals surface area contributed by atoms with Crippen LogP contribution in [0, 0.1) is 0 Å². The molecule has 3 N–H and O–H groups in total. The maximum atomic E-state index is 12.8. The lowest BCUT2D eigenvalue weighted by Gasteiger charge is -2.15. The van der Waals surface area contributed by atoms with Crippen LogP contribution in [0.5, 0.6) is 34.5 Å². The van der Waals surface area contributed by atoms with E-state index in [9.17, 15) is 19.5 Å². The first kappa shape index (κ1) is 40.1. The molecule has 278 valence electrons. The first-order valence-corrected chi connectivity index (χ1v) is 15.8. The molecular weight excluding hydrogens is 672 g/mol. The zero-order chi connectivity index (χ0) is 36.8. The molecule has 0 unspecified atom stereocenters. The SMILES string of the molecule is COCOc1ccc(C(=O)NCCCOc2ccc(C(=O)O)cc2OCCCNC(=O)c2ccc(OCOC)c(OCOC)c2)cc1OCOC. The first-order valence-electron chi connectivity index (χ1n) is 15.8. The average molecular weight is 717 g/mol. The molecule has 0 saturated carbocycles. The number of nitrogens with one attached hydrogen (secondary N) is 2. The quantitative estimate of drug-likeness (QED) is 0.0850. The lowest BCUT2D eigenvalue weighted by molar-refractivity contribution is 0.0322. The van der Waals surface area contributed by atoms with E-state index >= 15 is 0 Å². The van der Waals surface area contributed by atoms with Crippen molar-refractivity contribution in [1.82, 2.24) is 10.6 Å². The number of methoxy groups -OCH3 is 4. The summed E-state index contributed by atoms with van der Waals surface area (Å²) in [7, 11) is 5.94. The molecule has 0 fully saturated rings. The van der Waals surface area contributed by atoms with E-state index in [1.807, 2.05) is 0 Å². The number of carbonyl (C=O) groups excluding carboxylic acids is 2. The van der Waals surface area contributed by atoms with Crippen molar-refractivity contribution in [3.63, 3.8) is 0 Å². The van der Waals surface area contributed by atoms with Gasteiger partial charge >= 0.3 is 5.97 Å². The number of aromatic carboxylic acids is 1. The van der Waals surface area contributed by atoms with E-state index in [1.165, 1.54) is 52.7 Å². The van der Waals surface area contributed by atoms with E-state index in [0.29, 0.717) is 59.3 Å². The molecule has 0 aliphatic heterocycles. The van der Waals surface area contributed by atoms with Crippen molar-refractivity contribution < 1.29 is 66.9 Å². The molecular formula is C35H44N2O14. The van der Waals surface area contributed by atoms with Crippen LogP contribution >= 0.6 is 0 Å². The smallest absolute Gasteiger partial charge is 0.335 e. The van der Waals surface area contributed by atoms with E-state index in [-0.39, 0.29) is 70.1 Å². The molecule has 0 aliphatic carbocycles. The number of benzene rings is 3. The average Bonchev–Trinajstić information content (AvgIpc) is 3.14. The monoisotopic (exact) mass is 716 g/mol. The molecule has 16 nitrogen and oxygen atoms in total. The molecule has 0 heterocycles. The topological polar surface area (TPSA) is 188 Å². The van der Waals surface area contributed by atoms with Crippen LogP contribution in [0.4, 0.5) is 0 Å². The predicted molar refractivity (Wildman–Crippen MR) is 181 cm³/mol. The Labute approximate surface area is 295 Å². The van der Waals surface area contributed by atoms with Crippen LogP contribution in [0.2, 0.25) is 0 Å². The number of carbonyl (C=O) groups is 3. The predicted octanol–water partition coefficient (Wildman–Crippen LogP) is 3.71. The van der Waals surface area contributed by atoms with Crippen LogP contribution in [0.25, 0.3) is 0 Å². The Kier molecular flexibility index (Phi) is 17.7. The maximum Gasteiger partial charge on any atom is 0.335 e. The molecule has 0 radical (unpaired) electrons. The largest absolute Gasteiger partial charge is 0.490 e. The third-order valence-electron chi connectivity index (χ3n) is 6.66. The molecule has 3 aromatic rings. The van der Waals surface area contributed by atoms with Crippen LogP contribution < -0.4 is 39.1 Å². The lowest BCUT2D eigenvalue weighted by atomic mass is 10.2. The Morgan fingerprint density at radius 3 is 1.24 bits per heavy atom. The zero-order valence-corrected chi connectivity index (χ0v) is 29.0. The number of rotatable bonds is 25. The van der Waals surface area contributed by atoms with E-state index in [2.05, 4.69) is 10.6 Å². The number of hydrogen-bond acceptors (Lipinski definition) is 13. The summed E-state index contributed by atoms with van der Waals surface area (Å²) in [4.78, 5) is 37.1. The minimum atomic E-state index is -1.12. The number of ether oxygens (including phenoxy) is 10. The third-order valence-corrected chi connectivity index (χ3v) is 6.66. The molecule has 51 heavy (non-hydrogen) atoms. The van der Waals surface area contributed by atoms with Gasteiger partial charge in [-0.1, -0.05) is 0 Å². The van der Waals surface area contributed by atoms with Crippen molar-refractivity contribution in [2.24, 2.45) is 0 Å². The lowest BCUT2D eigenvalue weighted by Crippen LogP contribution is -2.26. The highest BCUT2D eigenvalue weighted by atomic mass is 16.7. The Morgan fingerprint density at radius 1 is 0.490 bits per heavy atom. The van der Waals surface area contributed by atoms with Gasteiger partial charge in [-0.25, -0.2) is 4.79 Å². The van der Waals surface area contributed by atoms with E-state index in [1.54, 1.807) is 30.3 Å².